The van der Waals surface area contributed by atoms with E-state index >= 15 is 0 Å². The maximum atomic E-state index is 12.9. The van der Waals surface area contributed by atoms with Crippen LogP contribution in [0.5, 0.6) is 0 Å². The van der Waals surface area contributed by atoms with Crippen molar-refractivity contribution in [1.82, 2.24) is 14.7 Å². The van der Waals surface area contributed by atoms with Crippen LogP contribution in [0.4, 0.5) is 5.69 Å². The van der Waals surface area contributed by atoms with Crippen LogP contribution in [-0.2, 0) is 16.0 Å². The second-order valence-corrected chi connectivity index (χ2v) is 14.9. The fourth-order valence-electron chi connectivity index (χ4n) is 3.61. The number of amides is 1. The van der Waals surface area contributed by atoms with Crippen molar-refractivity contribution in [2.24, 2.45) is 0 Å². The van der Waals surface area contributed by atoms with Gasteiger partial charge in [0.1, 0.15) is 24.8 Å². The average molecular weight is 447 g/mol. The largest absolute Gasteiger partial charge is 0.356 e. The lowest BCUT2D eigenvalue weighted by Crippen LogP contribution is -2.27. The molecule has 3 rings (SSSR count). The first-order valence-corrected chi connectivity index (χ1v) is 14.0. The molecule has 1 aromatic carbocycles. The number of aromatic nitrogens is 2. The number of ether oxygens (including phenoxy) is 2. The highest BCUT2D eigenvalue weighted by Gasteiger charge is 2.36. The second kappa shape index (κ2) is 8.89. The lowest BCUT2D eigenvalue weighted by molar-refractivity contribution is -0.384. The Kier molecular flexibility index (Phi) is 6.63. The van der Waals surface area contributed by atoms with Crippen LogP contribution < -0.4 is 0 Å². The van der Waals surface area contributed by atoms with Gasteiger partial charge < -0.3 is 14.4 Å². The molecular weight excluding hydrogens is 416 g/mol. The molecule has 9 nitrogen and oxygen atoms in total. The van der Waals surface area contributed by atoms with Crippen LogP contribution in [0.25, 0.3) is 11.3 Å². The van der Waals surface area contributed by atoms with Crippen LogP contribution in [0, 0.1) is 17.0 Å². The summed E-state index contributed by atoms with van der Waals surface area (Å²) in [5, 5.41) is 15.8. The third kappa shape index (κ3) is 5.03. The van der Waals surface area contributed by atoms with Gasteiger partial charge in [-0.3, -0.25) is 19.6 Å². The Morgan fingerprint density at radius 1 is 1.35 bits per heavy atom. The van der Waals surface area contributed by atoms with Crippen LogP contribution in [0.15, 0.2) is 18.3 Å². The van der Waals surface area contributed by atoms with Crippen molar-refractivity contribution in [2.45, 2.75) is 45.3 Å². The highest BCUT2D eigenvalue weighted by Crippen LogP contribution is 2.43. The molecule has 0 N–H and O–H groups in total. The first-order chi connectivity index (χ1) is 14.5. The van der Waals surface area contributed by atoms with E-state index in [2.05, 4.69) is 24.7 Å². The molecule has 0 saturated heterocycles. The third-order valence-electron chi connectivity index (χ3n) is 5.24. The summed E-state index contributed by atoms with van der Waals surface area (Å²) < 4.78 is 13.3. The van der Waals surface area contributed by atoms with E-state index in [1.165, 1.54) is 11.1 Å². The summed E-state index contributed by atoms with van der Waals surface area (Å²) in [5.41, 5.74) is 2.75. The van der Waals surface area contributed by atoms with E-state index in [9.17, 15) is 14.9 Å². The molecule has 1 aromatic heterocycles. The minimum atomic E-state index is -1.20. The molecule has 1 amide bonds. The summed E-state index contributed by atoms with van der Waals surface area (Å²) in [6, 6.07) is 4.72. The van der Waals surface area contributed by atoms with Gasteiger partial charge in [0, 0.05) is 39.9 Å². The molecule has 0 saturated carbocycles. The predicted molar refractivity (Wildman–Crippen MR) is 120 cm³/mol. The molecule has 0 aliphatic carbocycles. The molecule has 0 spiro atoms. The van der Waals surface area contributed by atoms with E-state index in [1.807, 2.05) is 13.0 Å². The standard InChI is InChI=1S/C21H30N4O5Si/c1-14-9-15-18(30-13-29-7-8-31(4,5)6)12-24-20(17(11-22-24)25(27)28)19(15)16(10-14)21(26)23(2)3/h9-11,18H,7-8,12-13H2,1-6H3. The Hall–Kier alpha value is -2.56. The summed E-state index contributed by atoms with van der Waals surface area (Å²) in [6.45, 7) is 9.80. The predicted octanol–water partition coefficient (Wildman–Crippen LogP) is 3.85. The molecule has 1 unspecified atom stereocenters. The Morgan fingerprint density at radius 2 is 2.06 bits per heavy atom. The number of carbonyl (C=O) groups excluding carboxylic acids is 1. The number of carbonyl (C=O) groups is 1. The van der Waals surface area contributed by atoms with Crippen molar-refractivity contribution in [3.05, 3.63) is 45.1 Å². The van der Waals surface area contributed by atoms with E-state index in [4.69, 9.17) is 9.47 Å². The lowest BCUT2D eigenvalue weighted by atomic mass is 9.89. The molecule has 2 heterocycles. The van der Waals surface area contributed by atoms with E-state index in [0.717, 1.165) is 17.2 Å². The van der Waals surface area contributed by atoms with Crippen molar-refractivity contribution in [3.8, 4) is 11.3 Å². The van der Waals surface area contributed by atoms with Gasteiger partial charge in [0.05, 0.1) is 11.5 Å². The van der Waals surface area contributed by atoms with Crippen LogP contribution in [0.3, 0.4) is 0 Å². The van der Waals surface area contributed by atoms with Crippen molar-refractivity contribution >= 4 is 19.7 Å². The average Bonchev–Trinajstić information content (AvgIpc) is 3.09. The topological polar surface area (TPSA) is 99.7 Å². The summed E-state index contributed by atoms with van der Waals surface area (Å²) in [5.74, 6) is -0.228. The summed E-state index contributed by atoms with van der Waals surface area (Å²) >= 11 is 0. The number of nitro groups is 1. The molecule has 0 bridgehead atoms. The fraction of sp³-hybridized carbons (Fsp3) is 0.524. The first kappa shape index (κ1) is 23.1. The molecule has 0 fully saturated rings. The van der Waals surface area contributed by atoms with Gasteiger partial charge in [-0.1, -0.05) is 25.7 Å². The normalized spacial score (nSPS) is 15.4. The van der Waals surface area contributed by atoms with E-state index < -0.39 is 19.1 Å². The number of hydrogen-bond donors (Lipinski definition) is 0. The third-order valence-corrected chi connectivity index (χ3v) is 6.94. The Morgan fingerprint density at radius 3 is 2.68 bits per heavy atom. The first-order valence-electron chi connectivity index (χ1n) is 10.3. The Labute approximate surface area is 183 Å². The van der Waals surface area contributed by atoms with Crippen LogP contribution in [0.1, 0.15) is 27.6 Å². The highest BCUT2D eigenvalue weighted by atomic mass is 28.3. The summed E-state index contributed by atoms with van der Waals surface area (Å²) in [6.07, 6.45) is 0.804. The maximum Gasteiger partial charge on any atom is 0.314 e. The number of aryl methyl sites for hydroxylation is 1. The molecule has 1 aliphatic heterocycles. The Bertz CT molecular complexity index is 996. The van der Waals surface area contributed by atoms with Gasteiger partial charge in [-0.15, -0.1) is 0 Å². The highest BCUT2D eigenvalue weighted by molar-refractivity contribution is 6.76. The Balaban J connectivity index is 1.99. The van der Waals surface area contributed by atoms with Gasteiger partial charge in [-0.25, -0.2) is 0 Å². The number of benzene rings is 1. The zero-order valence-electron chi connectivity index (χ0n) is 19.0. The quantitative estimate of drug-likeness (QED) is 0.201. The van der Waals surface area contributed by atoms with Gasteiger partial charge in [0.25, 0.3) is 5.91 Å². The molecule has 1 aliphatic rings. The van der Waals surface area contributed by atoms with Crippen molar-refractivity contribution in [1.29, 1.82) is 0 Å². The molecule has 2 aromatic rings. The summed E-state index contributed by atoms with van der Waals surface area (Å²) in [4.78, 5) is 25.6. The molecule has 10 heteroatoms. The zero-order chi connectivity index (χ0) is 22.9. The van der Waals surface area contributed by atoms with Crippen molar-refractivity contribution in [2.75, 3.05) is 27.5 Å². The van der Waals surface area contributed by atoms with Crippen LogP contribution in [-0.4, -0.2) is 61.1 Å². The number of rotatable bonds is 8. The second-order valence-electron chi connectivity index (χ2n) is 9.29. The SMILES string of the molecule is Cc1cc(C(=O)N(C)C)c2c(c1)C(OCOCC[Si](C)(C)C)Cn1ncc([N+](=O)[O-])c1-2. The molecule has 31 heavy (non-hydrogen) atoms. The summed E-state index contributed by atoms with van der Waals surface area (Å²) in [7, 11) is 2.12. The van der Waals surface area contributed by atoms with Crippen LogP contribution >= 0.6 is 0 Å². The van der Waals surface area contributed by atoms with Gasteiger partial charge in [-0.05, 0) is 30.2 Å². The van der Waals surface area contributed by atoms with Gasteiger partial charge in [0.2, 0.25) is 0 Å². The fourth-order valence-corrected chi connectivity index (χ4v) is 4.37. The number of fused-ring (bicyclic) bond motifs is 3. The maximum absolute atomic E-state index is 12.9. The van der Waals surface area contributed by atoms with Gasteiger partial charge >= 0.3 is 5.69 Å². The zero-order valence-corrected chi connectivity index (χ0v) is 20.0. The smallest absolute Gasteiger partial charge is 0.314 e. The monoisotopic (exact) mass is 446 g/mol. The van der Waals surface area contributed by atoms with E-state index in [-0.39, 0.29) is 18.4 Å². The van der Waals surface area contributed by atoms with Crippen molar-refractivity contribution < 1.29 is 19.2 Å². The van der Waals surface area contributed by atoms with Gasteiger partial charge in [0.15, 0.2) is 0 Å². The molecule has 168 valence electrons. The number of nitrogens with zero attached hydrogens (tertiary/aromatic N) is 4. The molecule has 0 radical (unpaired) electrons. The van der Waals surface area contributed by atoms with E-state index in [0.29, 0.717) is 30.0 Å². The molecule has 1 atom stereocenters. The van der Waals surface area contributed by atoms with Crippen molar-refractivity contribution in [3.63, 3.8) is 0 Å². The number of hydrogen-bond acceptors (Lipinski definition) is 6. The molecular formula is C21H30N4O5Si. The van der Waals surface area contributed by atoms with Gasteiger partial charge in [-0.2, -0.15) is 5.10 Å². The minimum absolute atomic E-state index is 0.109. The van der Waals surface area contributed by atoms with E-state index in [1.54, 1.807) is 24.8 Å². The van der Waals surface area contributed by atoms with Crippen LogP contribution in [0.2, 0.25) is 25.7 Å². The minimum Gasteiger partial charge on any atom is -0.356 e. The lowest BCUT2D eigenvalue weighted by Gasteiger charge is -2.29.